The summed E-state index contributed by atoms with van der Waals surface area (Å²) in [5, 5.41) is 21.0. The molecular weight excluding hydrogens is 460 g/mol. The van der Waals surface area contributed by atoms with E-state index in [1.807, 2.05) is 0 Å². The zero-order chi connectivity index (χ0) is 26.1. The molecule has 2 aromatic carbocycles. The Morgan fingerprint density at radius 1 is 0.543 bits per heavy atom. The predicted octanol–water partition coefficient (Wildman–Crippen LogP) is 3.40. The Hall–Kier alpha value is -4.08. The lowest BCUT2D eigenvalue weighted by molar-refractivity contribution is 0.0498. The highest BCUT2D eigenvalue weighted by atomic mass is 16.5. The van der Waals surface area contributed by atoms with Gasteiger partial charge in [0.1, 0.15) is 33.8 Å². The minimum absolute atomic E-state index is 0.00181. The van der Waals surface area contributed by atoms with Crippen molar-refractivity contribution < 1.29 is 48.3 Å². The van der Waals surface area contributed by atoms with Crippen LogP contribution in [-0.2, 0) is 25.4 Å². The van der Waals surface area contributed by atoms with Gasteiger partial charge in [0.2, 0.25) is 0 Å². The third-order valence-electron chi connectivity index (χ3n) is 4.73. The summed E-state index contributed by atoms with van der Waals surface area (Å²) in [6.07, 6.45) is -0.00181. The molecule has 35 heavy (non-hydrogen) atoms. The molecule has 10 heteroatoms. The molecule has 0 saturated carbocycles. The van der Waals surface area contributed by atoms with Crippen molar-refractivity contribution in [1.29, 1.82) is 0 Å². The van der Waals surface area contributed by atoms with Gasteiger partial charge in [0.25, 0.3) is 0 Å². The number of esters is 4. The van der Waals surface area contributed by atoms with E-state index in [-0.39, 0.29) is 55.1 Å². The van der Waals surface area contributed by atoms with Crippen molar-refractivity contribution in [3.05, 3.63) is 57.6 Å². The van der Waals surface area contributed by atoms with Crippen molar-refractivity contribution in [2.75, 3.05) is 26.4 Å². The molecule has 2 rings (SSSR count). The van der Waals surface area contributed by atoms with Crippen molar-refractivity contribution in [2.24, 2.45) is 0 Å². The molecule has 0 aliphatic carbocycles. The summed E-state index contributed by atoms with van der Waals surface area (Å²) < 4.78 is 19.9. The highest BCUT2D eigenvalue weighted by Gasteiger charge is 2.25. The van der Waals surface area contributed by atoms with Crippen LogP contribution in [-0.4, -0.2) is 60.5 Å². The molecule has 0 unspecified atom stereocenters. The maximum absolute atomic E-state index is 12.4. The molecule has 188 valence electrons. The van der Waals surface area contributed by atoms with Gasteiger partial charge in [-0.3, -0.25) is 0 Å². The summed E-state index contributed by atoms with van der Waals surface area (Å²) >= 11 is 0. The Morgan fingerprint density at radius 2 is 0.771 bits per heavy atom. The van der Waals surface area contributed by atoms with Gasteiger partial charge in [-0.25, -0.2) is 19.2 Å². The summed E-state index contributed by atoms with van der Waals surface area (Å²) in [6.45, 7) is 6.54. The predicted molar refractivity (Wildman–Crippen MR) is 123 cm³/mol. The molecule has 0 fully saturated rings. The zero-order valence-electron chi connectivity index (χ0n) is 20.0. The number of hydrogen-bond donors (Lipinski definition) is 2. The van der Waals surface area contributed by atoms with E-state index in [0.29, 0.717) is 11.1 Å². The van der Waals surface area contributed by atoms with E-state index in [9.17, 15) is 29.4 Å². The first-order valence-corrected chi connectivity index (χ1v) is 11.1. The fourth-order valence-electron chi connectivity index (χ4n) is 3.29. The van der Waals surface area contributed by atoms with Gasteiger partial charge in [0, 0.05) is 0 Å². The Morgan fingerprint density at radius 3 is 0.971 bits per heavy atom. The molecule has 0 aliphatic heterocycles. The zero-order valence-corrected chi connectivity index (χ0v) is 20.0. The molecule has 2 N–H and O–H groups in total. The molecule has 0 aromatic heterocycles. The fourth-order valence-corrected chi connectivity index (χ4v) is 3.29. The van der Waals surface area contributed by atoms with Crippen LogP contribution in [0.3, 0.4) is 0 Å². The normalized spacial score (nSPS) is 10.4. The van der Waals surface area contributed by atoms with Crippen LogP contribution in [0.4, 0.5) is 0 Å². The van der Waals surface area contributed by atoms with E-state index >= 15 is 0 Å². The third-order valence-corrected chi connectivity index (χ3v) is 4.73. The molecule has 0 saturated heterocycles. The van der Waals surface area contributed by atoms with Gasteiger partial charge in [-0.2, -0.15) is 0 Å². The monoisotopic (exact) mass is 488 g/mol. The molecule has 2 aromatic rings. The minimum Gasteiger partial charge on any atom is -0.506 e. The average molecular weight is 488 g/mol. The van der Waals surface area contributed by atoms with Crippen LogP contribution >= 0.6 is 0 Å². The van der Waals surface area contributed by atoms with E-state index in [0.717, 1.165) is 0 Å². The van der Waals surface area contributed by atoms with Crippen LogP contribution in [0.25, 0.3) is 0 Å². The molecule has 0 bridgehead atoms. The summed E-state index contributed by atoms with van der Waals surface area (Å²) in [4.78, 5) is 49.6. The lowest BCUT2D eigenvalue weighted by Crippen LogP contribution is -2.13. The fraction of sp³-hybridized carbons (Fsp3) is 0.360. The van der Waals surface area contributed by atoms with Gasteiger partial charge in [-0.15, -0.1) is 0 Å². The molecule has 0 aliphatic rings. The highest BCUT2D eigenvalue weighted by molar-refractivity contribution is 6.01. The van der Waals surface area contributed by atoms with Crippen molar-refractivity contribution in [2.45, 2.75) is 34.1 Å². The molecule has 0 amide bonds. The van der Waals surface area contributed by atoms with E-state index in [2.05, 4.69) is 0 Å². The van der Waals surface area contributed by atoms with Crippen LogP contribution in [0.2, 0.25) is 0 Å². The maximum Gasteiger partial charge on any atom is 0.341 e. The van der Waals surface area contributed by atoms with Crippen LogP contribution in [0.1, 0.15) is 80.3 Å². The first kappa shape index (κ1) is 27.2. The number of hydrogen-bond acceptors (Lipinski definition) is 10. The summed E-state index contributed by atoms with van der Waals surface area (Å²) in [6, 6.07) is 5.32. The molecule has 0 heterocycles. The molecule has 10 nitrogen and oxygen atoms in total. The summed E-state index contributed by atoms with van der Waals surface area (Å²) in [5.74, 6) is -4.55. The highest BCUT2D eigenvalue weighted by Crippen LogP contribution is 2.31. The SMILES string of the molecule is CCOC(=O)c1cc(Cc2cc(C(=O)OCC)c(O)c(C(=O)OCC)c2)cc(C(=O)OCC)c1O. The quantitative estimate of drug-likeness (QED) is 0.377. The smallest absolute Gasteiger partial charge is 0.341 e. The number of phenols is 2. The summed E-state index contributed by atoms with van der Waals surface area (Å²) in [7, 11) is 0. The lowest BCUT2D eigenvalue weighted by Gasteiger charge is -2.14. The van der Waals surface area contributed by atoms with Gasteiger partial charge in [0.05, 0.1) is 26.4 Å². The number of carbonyl (C=O) groups is 4. The second kappa shape index (κ2) is 12.4. The number of carbonyl (C=O) groups excluding carboxylic acids is 4. The number of benzene rings is 2. The Balaban J connectivity index is 2.65. The minimum atomic E-state index is -0.845. The Bertz CT molecular complexity index is 954. The van der Waals surface area contributed by atoms with E-state index in [1.54, 1.807) is 27.7 Å². The van der Waals surface area contributed by atoms with Crippen molar-refractivity contribution >= 4 is 23.9 Å². The molecule has 0 radical (unpaired) electrons. The number of aromatic hydroxyl groups is 2. The van der Waals surface area contributed by atoms with E-state index < -0.39 is 35.4 Å². The largest absolute Gasteiger partial charge is 0.506 e. The number of rotatable bonds is 10. The second-order valence-electron chi connectivity index (χ2n) is 7.14. The molecule has 0 spiro atoms. The van der Waals surface area contributed by atoms with Gasteiger partial charge in [0.15, 0.2) is 0 Å². The van der Waals surface area contributed by atoms with Crippen molar-refractivity contribution in [3.8, 4) is 11.5 Å². The van der Waals surface area contributed by atoms with E-state index in [1.165, 1.54) is 24.3 Å². The first-order chi connectivity index (χ1) is 16.7. The maximum atomic E-state index is 12.4. The average Bonchev–Trinajstić information content (AvgIpc) is 2.81. The molecular formula is C25H28O10. The lowest BCUT2D eigenvalue weighted by atomic mass is 9.95. The summed E-state index contributed by atoms with van der Waals surface area (Å²) in [5.41, 5.74) is -0.261. The Kier molecular flexibility index (Phi) is 9.63. The van der Waals surface area contributed by atoms with Gasteiger partial charge in [-0.05, 0) is 69.5 Å². The topological polar surface area (TPSA) is 146 Å². The van der Waals surface area contributed by atoms with Crippen LogP contribution in [0, 0.1) is 0 Å². The van der Waals surface area contributed by atoms with Crippen molar-refractivity contribution in [1.82, 2.24) is 0 Å². The Labute approximate surface area is 202 Å². The second-order valence-corrected chi connectivity index (χ2v) is 7.14. The van der Waals surface area contributed by atoms with Crippen molar-refractivity contribution in [3.63, 3.8) is 0 Å². The van der Waals surface area contributed by atoms with E-state index in [4.69, 9.17) is 18.9 Å². The van der Waals surface area contributed by atoms with Crippen LogP contribution < -0.4 is 0 Å². The number of phenolic OH excluding ortho intramolecular Hbond substituents is 2. The number of ether oxygens (including phenoxy) is 4. The van der Waals surface area contributed by atoms with Crippen LogP contribution in [0.15, 0.2) is 24.3 Å². The van der Waals surface area contributed by atoms with Crippen LogP contribution in [0.5, 0.6) is 11.5 Å². The molecule has 0 atom stereocenters. The third kappa shape index (κ3) is 6.50. The standard InChI is InChI=1S/C25H28O10/c1-5-32-22(28)16-10-14(11-17(20(16)26)23(29)33-6-2)9-15-12-18(24(30)34-7-3)21(27)19(13-15)25(31)35-8-4/h10-13,26-27H,5-9H2,1-4H3. The van der Waals surface area contributed by atoms with Gasteiger partial charge in [-0.1, -0.05) is 0 Å². The first-order valence-electron chi connectivity index (χ1n) is 11.1. The van der Waals surface area contributed by atoms with Gasteiger partial charge >= 0.3 is 23.9 Å². The van der Waals surface area contributed by atoms with Gasteiger partial charge < -0.3 is 29.2 Å².